The summed E-state index contributed by atoms with van der Waals surface area (Å²) in [5.74, 6) is -0.536. The summed E-state index contributed by atoms with van der Waals surface area (Å²) >= 11 is 13.4. The summed E-state index contributed by atoms with van der Waals surface area (Å²) in [6.45, 7) is 0. The predicted octanol–water partition coefficient (Wildman–Crippen LogP) is 4.08. The molecule has 22 heavy (non-hydrogen) atoms. The van der Waals surface area contributed by atoms with Crippen LogP contribution < -0.4 is 15.4 Å². The number of anilines is 2. The van der Waals surface area contributed by atoms with Gasteiger partial charge in [-0.1, -0.05) is 24.4 Å². The van der Waals surface area contributed by atoms with Gasteiger partial charge >= 0.3 is 6.03 Å². The summed E-state index contributed by atoms with van der Waals surface area (Å²) in [5.41, 5.74) is 6.54. The minimum absolute atomic E-state index is 0.352. The van der Waals surface area contributed by atoms with E-state index in [0.717, 1.165) is 8.78 Å². The molecule has 2 rings (SSSR count). The molecular weight excluding hydrogens is 390 g/mol. The van der Waals surface area contributed by atoms with Crippen LogP contribution in [0.15, 0.2) is 46.9 Å². The molecule has 0 atom stereocenters. The van der Waals surface area contributed by atoms with Crippen molar-refractivity contribution in [2.24, 2.45) is 5.73 Å². The van der Waals surface area contributed by atoms with Crippen molar-refractivity contribution >= 4 is 63.7 Å². The number of carbonyl (C=O) groups excluding carboxylic acids is 2. The maximum atomic E-state index is 12.1. The van der Waals surface area contributed by atoms with Crippen LogP contribution in [0.2, 0.25) is 5.02 Å². The fourth-order valence-electron chi connectivity index (χ4n) is 1.63. The number of hydrogen-bond acceptors (Lipinski definition) is 3. The summed E-state index contributed by atoms with van der Waals surface area (Å²) in [4.78, 5) is 23.1. The van der Waals surface area contributed by atoms with Crippen molar-refractivity contribution in [1.82, 2.24) is 0 Å². The Balaban J connectivity index is 2.11. The van der Waals surface area contributed by atoms with Crippen molar-refractivity contribution in [3.63, 3.8) is 0 Å². The number of urea groups is 1. The molecule has 0 radical (unpaired) electrons. The topological polar surface area (TPSA) is 75.4 Å². The number of hydrogen-bond donors (Lipinski definition) is 3. The van der Waals surface area contributed by atoms with Crippen LogP contribution in [0.3, 0.4) is 0 Å². The van der Waals surface area contributed by atoms with Crippen LogP contribution >= 0.6 is 40.3 Å². The van der Waals surface area contributed by atoms with Gasteiger partial charge in [-0.05, 0) is 58.4 Å². The Labute approximate surface area is 146 Å². The molecule has 0 unspecified atom stereocenters. The van der Waals surface area contributed by atoms with E-state index in [1.807, 2.05) is 0 Å². The number of nitrogens with two attached hydrogens (primary N) is 1. The molecule has 0 saturated carbocycles. The third-order valence-electron chi connectivity index (χ3n) is 2.76. The van der Waals surface area contributed by atoms with Crippen LogP contribution in [0, 0.1) is 0 Å². The highest BCUT2D eigenvalue weighted by molar-refractivity contribution is 9.10. The number of nitrogens with zero attached hydrogens (tertiary/aromatic N) is 1. The predicted molar refractivity (Wildman–Crippen MR) is 94.6 cm³/mol. The van der Waals surface area contributed by atoms with Crippen LogP contribution in [0.25, 0.3) is 0 Å². The van der Waals surface area contributed by atoms with Gasteiger partial charge in [0.2, 0.25) is 5.91 Å². The fourth-order valence-corrected chi connectivity index (χ4v) is 2.24. The molecule has 2 aromatic rings. The van der Waals surface area contributed by atoms with Crippen LogP contribution in [0.1, 0.15) is 10.4 Å². The number of benzene rings is 2. The first-order valence-corrected chi connectivity index (χ1v) is 7.60. The second kappa shape index (κ2) is 7.04. The molecule has 0 aliphatic heterocycles. The Morgan fingerprint density at radius 3 is 2.36 bits per heavy atom. The van der Waals surface area contributed by atoms with Gasteiger partial charge in [-0.15, -0.1) is 0 Å². The standard InChI is InChI=1S/C14H11BrClN3O2S/c15-11-6-3-9(7-12(11)16)18-14(21)19(22)10-4-1-8(2-5-10)13(17)20/h1-7,22H,(H2,17,20)(H,18,21). The number of primary amides is 1. The zero-order valence-corrected chi connectivity index (χ0v) is 14.3. The lowest BCUT2D eigenvalue weighted by molar-refractivity contribution is 0.100. The molecule has 0 fully saturated rings. The number of amides is 3. The summed E-state index contributed by atoms with van der Waals surface area (Å²) in [7, 11) is 0. The average Bonchev–Trinajstić information content (AvgIpc) is 2.50. The second-order valence-corrected chi connectivity index (χ2v) is 5.94. The molecule has 5 nitrogen and oxygen atoms in total. The number of nitrogens with one attached hydrogen (secondary N) is 1. The SMILES string of the molecule is NC(=O)c1ccc(N(S)C(=O)Nc2ccc(Br)c(Cl)c2)cc1. The van der Waals surface area contributed by atoms with E-state index in [2.05, 4.69) is 34.1 Å². The van der Waals surface area contributed by atoms with Crippen molar-refractivity contribution in [2.45, 2.75) is 0 Å². The molecule has 3 N–H and O–H groups in total. The minimum atomic E-state index is -0.536. The quantitative estimate of drug-likeness (QED) is 0.679. The van der Waals surface area contributed by atoms with Gasteiger partial charge in [0, 0.05) is 15.7 Å². The number of carbonyl (C=O) groups is 2. The normalized spacial score (nSPS) is 10.1. The molecule has 8 heteroatoms. The van der Waals surface area contributed by atoms with Crippen molar-refractivity contribution < 1.29 is 9.59 Å². The maximum Gasteiger partial charge on any atom is 0.336 e. The zero-order chi connectivity index (χ0) is 16.3. The van der Waals surface area contributed by atoms with Gasteiger partial charge in [0.25, 0.3) is 0 Å². The molecule has 0 aliphatic carbocycles. The molecule has 0 spiro atoms. The third-order valence-corrected chi connectivity index (χ3v) is 4.40. The number of halogens is 2. The van der Waals surface area contributed by atoms with E-state index in [9.17, 15) is 9.59 Å². The highest BCUT2D eigenvalue weighted by atomic mass is 79.9. The third kappa shape index (κ3) is 3.94. The van der Waals surface area contributed by atoms with E-state index in [4.69, 9.17) is 17.3 Å². The Morgan fingerprint density at radius 2 is 1.82 bits per heavy atom. The van der Waals surface area contributed by atoms with Crippen LogP contribution in [0.5, 0.6) is 0 Å². The zero-order valence-electron chi connectivity index (χ0n) is 11.1. The molecular formula is C14H11BrClN3O2S. The van der Waals surface area contributed by atoms with Gasteiger partial charge < -0.3 is 11.1 Å². The monoisotopic (exact) mass is 399 g/mol. The van der Waals surface area contributed by atoms with Crippen LogP contribution in [-0.2, 0) is 0 Å². The van der Waals surface area contributed by atoms with Gasteiger partial charge in [-0.3, -0.25) is 4.79 Å². The molecule has 2 aromatic carbocycles. The first-order chi connectivity index (χ1) is 10.4. The summed E-state index contributed by atoms with van der Waals surface area (Å²) in [6.07, 6.45) is 0. The Hall–Kier alpha value is -1.70. The van der Waals surface area contributed by atoms with Crippen LogP contribution in [0.4, 0.5) is 16.2 Å². The lowest BCUT2D eigenvalue weighted by Crippen LogP contribution is -2.26. The molecule has 114 valence electrons. The largest absolute Gasteiger partial charge is 0.366 e. The van der Waals surface area contributed by atoms with Gasteiger partial charge in [-0.2, -0.15) is 0 Å². The van der Waals surface area contributed by atoms with E-state index < -0.39 is 11.9 Å². The maximum absolute atomic E-state index is 12.1. The number of thiol groups is 1. The highest BCUT2D eigenvalue weighted by Crippen LogP contribution is 2.26. The minimum Gasteiger partial charge on any atom is -0.366 e. The van der Waals surface area contributed by atoms with Gasteiger partial charge in [0.05, 0.1) is 10.7 Å². The van der Waals surface area contributed by atoms with Crippen molar-refractivity contribution in [2.75, 3.05) is 9.62 Å². The highest BCUT2D eigenvalue weighted by Gasteiger charge is 2.13. The molecule has 3 amide bonds. The Morgan fingerprint density at radius 1 is 1.18 bits per heavy atom. The molecule has 0 aromatic heterocycles. The average molecular weight is 401 g/mol. The fraction of sp³-hybridized carbons (Fsp3) is 0. The van der Waals surface area contributed by atoms with Crippen molar-refractivity contribution in [1.29, 1.82) is 0 Å². The lowest BCUT2D eigenvalue weighted by atomic mass is 10.2. The van der Waals surface area contributed by atoms with Gasteiger partial charge in [-0.25, -0.2) is 9.10 Å². The van der Waals surface area contributed by atoms with E-state index >= 15 is 0 Å². The summed E-state index contributed by atoms with van der Waals surface area (Å²) in [5, 5.41) is 3.14. The smallest absolute Gasteiger partial charge is 0.336 e. The van der Waals surface area contributed by atoms with E-state index in [1.165, 1.54) is 12.1 Å². The summed E-state index contributed by atoms with van der Waals surface area (Å²) in [6, 6.07) is 10.8. The van der Waals surface area contributed by atoms with Crippen molar-refractivity contribution in [3.05, 3.63) is 57.5 Å². The Bertz CT molecular complexity index is 725. The molecule has 0 bridgehead atoms. The summed E-state index contributed by atoms with van der Waals surface area (Å²) < 4.78 is 1.85. The lowest BCUT2D eigenvalue weighted by Gasteiger charge is -2.17. The molecule has 0 aliphatic rings. The van der Waals surface area contributed by atoms with Gasteiger partial charge in [0.1, 0.15) is 0 Å². The molecule has 0 heterocycles. The van der Waals surface area contributed by atoms with E-state index in [1.54, 1.807) is 30.3 Å². The van der Waals surface area contributed by atoms with E-state index in [-0.39, 0.29) is 0 Å². The first-order valence-electron chi connectivity index (χ1n) is 6.03. The second-order valence-electron chi connectivity index (χ2n) is 4.28. The van der Waals surface area contributed by atoms with Crippen molar-refractivity contribution in [3.8, 4) is 0 Å². The number of rotatable bonds is 3. The first kappa shape index (κ1) is 16.7. The van der Waals surface area contributed by atoms with Gasteiger partial charge in [0.15, 0.2) is 0 Å². The van der Waals surface area contributed by atoms with Crippen LogP contribution in [-0.4, -0.2) is 11.9 Å². The molecule has 0 saturated heterocycles. The Kier molecular flexibility index (Phi) is 5.33. The van der Waals surface area contributed by atoms with E-state index in [0.29, 0.717) is 22.0 Å².